The molecule has 1 aromatic rings. The van der Waals surface area contributed by atoms with Crippen molar-refractivity contribution in [1.82, 2.24) is 4.90 Å². The molecule has 2 heterocycles. The summed E-state index contributed by atoms with van der Waals surface area (Å²) in [6.45, 7) is 1.35. The fourth-order valence-electron chi connectivity index (χ4n) is 2.09. The second-order valence-electron chi connectivity index (χ2n) is 3.80. The predicted molar refractivity (Wildman–Crippen MR) is 54.9 cm³/mol. The molecule has 1 saturated heterocycles. The van der Waals surface area contributed by atoms with Crippen LogP contribution in [-0.4, -0.2) is 30.2 Å². The second-order valence-corrected chi connectivity index (χ2v) is 4.58. The standard InChI is InChI=1S/C10H15NOS/c1-11-5-8(6-12)4-10(11)9-2-3-13-7-9/h2-3,7-8,10,12H,4-6H2,1H3. The normalized spacial score (nSPS) is 29.7. The summed E-state index contributed by atoms with van der Waals surface area (Å²) in [5.74, 6) is 0.467. The Bertz CT molecular complexity index is 260. The average molecular weight is 197 g/mol. The minimum absolute atomic E-state index is 0.324. The maximum absolute atomic E-state index is 9.08. The highest BCUT2D eigenvalue weighted by atomic mass is 32.1. The van der Waals surface area contributed by atoms with Crippen LogP contribution < -0.4 is 0 Å². The van der Waals surface area contributed by atoms with Crippen LogP contribution in [0.4, 0.5) is 0 Å². The highest BCUT2D eigenvalue weighted by molar-refractivity contribution is 7.07. The number of aliphatic hydroxyl groups excluding tert-OH is 1. The molecule has 2 atom stereocenters. The third-order valence-electron chi connectivity index (χ3n) is 2.82. The van der Waals surface area contributed by atoms with Gasteiger partial charge in [0.15, 0.2) is 0 Å². The lowest BCUT2D eigenvalue weighted by molar-refractivity contribution is 0.227. The smallest absolute Gasteiger partial charge is 0.0472 e. The van der Waals surface area contributed by atoms with Gasteiger partial charge in [-0.25, -0.2) is 0 Å². The largest absolute Gasteiger partial charge is 0.396 e. The van der Waals surface area contributed by atoms with Gasteiger partial charge in [-0.3, -0.25) is 4.90 Å². The number of thiophene rings is 1. The summed E-state index contributed by atoms with van der Waals surface area (Å²) in [6, 6.07) is 2.72. The Kier molecular flexibility index (Phi) is 2.67. The molecule has 0 saturated carbocycles. The molecule has 2 nitrogen and oxygen atoms in total. The van der Waals surface area contributed by atoms with Crippen molar-refractivity contribution in [3.8, 4) is 0 Å². The van der Waals surface area contributed by atoms with E-state index in [1.807, 2.05) is 0 Å². The van der Waals surface area contributed by atoms with Crippen LogP contribution in [0, 0.1) is 5.92 Å². The van der Waals surface area contributed by atoms with Gasteiger partial charge in [-0.2, -0.15) is 11.3 Å². The van der Waals surface area contributed by atoms with E-state index in [1.54, 1.807) is 11.3 Å². The Hall–Kier alpha value is -0.380. The third-order valence-corrected chi connectivity index (χ3v) is 3.52. The first kappa shape index (κ1) is 9.19. The topological polar surface area (TPSA) is 23.5 Å². The summed E-state index contributed by atoms with van der Waals surface area (Å²) < 4.78 is 0. The molecule has 3 heteroatoms. The van der Waals surface area contributed by atoms with Gasteiger partial charge in [-0.15, -0.1) is 0 Å². The molecular weight excluding hydrogens is 182 g/mol. The number of aliphatic hydroxyl groups is 1. The Morgan fingerprint density at radius 2 is 2.54 bits per heavy atom. The Morgan fingerprint density at radius 3 is 3.08 bits per heavy atom. The molecule has 1 aliphatic heterocycles. The van der Waals surface area contributed by atoms with Crippen LogP contribution in [0.1, 0.15) is 18.0 Å². The van der Waals surface area contributed by atoms with Gasteiger partial charge in [-0.05, 0) is 41.8 Å². The third kappa shape index (κ3) is 1.77. The predicted octanol–water partition coefficient (Wildman–Crippen LogP) is 1.73. The molecule has 0 amide bonds. The molecule has 1 aromatic heterocycles. The van der Waals surface area contributed by atoms with Gasteiger partial charge >= 0.3 is 0 Å². The van der Waals surface area contributed by atoms with E-state index < -0.39 is 0 Å². The summed E-state index contributed by atoms with van der Waals surface area (Å²) in [4.78, 5) is 2.34. The van der Waals surface area contributed by atoms with Gasteiger partial charge in [-0.1, -0.05) is 0 Å². The van der Waals surface area contributed by atoms with Crippen LogP contribution in [-0.2, 0) is 0 Å². The van der Waals surface area contributed by atoms with Crippen LogP contribution in [0.2, 0.25) is 0 Å². The van der Waals surface area contributed by atoms with Crippen LogP contribution in [0.3, 0.4) is 0 Å². The number of nitrogens with zero attached hydrogens (tertiary/aromatic N) is 1. The number of hydrogen-bond donors (Lipinski definition) is 1. The van der Waals surface area contributed by atoms with Crippen LogP contribution in [0.25, 0.3) is 0 Å². The van der Waals surface area contributed by atoms with Crippen LogP contribution in [0.5, 0.6) is 0 Å². The molecule has 0 spiro atoms. The van der Waals surface area contributed by atoms with Gasteiger partial charge in [0.1, 0.15) is 0 Å². The van der Waals surface area contributed by atoms with Crippen molar-refractivity contribution in [3.63, 3.8) is 0 Å². The van der Waals surface area contributed by atoms with E-state index in [0.717, 1.165) is 13.0 Å². The van der Waals surface area contributed by atoms with Gasteiger partial charge in [0.05, 0.1) is 0 Å². The number of likely N-dealkylation sites (tertiary alicyclic amines) is 1. The molecule has 0 aliphatic carbocycles. The summed E-state index contributed by atoms with van der Waals surface area (Å²) in [7, 11) is 2.14. The fourth-order valence-corrected chi connectivity index (χ4v) is 2.80. The molecule has 1 N–H and O–H groups in total. The first-order chi connectivity index (χ1) is 6.31. The lowest BCUT2D eigenvalue weighted by Crippen LogP contribution is -2.18. The Balaban J connectivity index is 2.09. The molecule has 2 rings (SSSR count). The van der Waals surface area contributed by atoms with Gasteiger partial charge in [0, 0.05) is 19.2 Å². The van der Waals surface area contributed by atoms with Crippen molar-refractivity contribution in [1.29, 1.82) is 0 Å². The molecule has 1 aliphatic rings. The molecule has 1 fully saturated rings. The van der Waals surface area contributed by atoms with Crippen molar-refractivity contribution in [2.24, 2.45) is 5.92 Å². The summed E-state index contributed by atoms with van der Waals surface area (Å²) in [5, 5.41) is 13.4. The van der Waals surface area contributed by atoms with Gasteiger partial charge in [0.25, 0.3) is 0 Å². The van der Waals surface area contributed by atoms with E-state index in [-0.39, 0.29) is 0 Å². The van der Waals surface area contributed by atoms with E-state index in [2.05, 4.69) is 28.8 Å². The average Bonchev–Trinajstić information content (AvgIpc) is 2.72. The number of rotatable bonds is 2. The first-order valence-corrected chi connectivity index (χ1v) is 5.58. The molecule has 72 valence electrons. The van der Waals surface area contributed by atoms with Crippen molar-refractivity contribution in [2.75, 3.05) is 20.2 Å². The van der Waals surface area contributed by atoms with Crippen molar-refractivity contribution in [2.45, 2.75) is 12.5 Å². The van der Waals surface area contributed by atoms with Crippen LogP contribution >= 0.6 is 11.3 Å². The zero-order valence-electron chi connectivity index (χ0n) is 7.81. The summed E-state index contributed by atoms with van der Waals surface area (Å²) in [6.07, 6.45) is 1.10. The minimum Gasteiger partial charge on any atom is -0.396 e. The maximum atomic E-state index is 9.08. The number of hydrogen-bond acceptors (Lipinski definition) is 3. The Labute approximate surface area is 82.8 Å². The van der Waals surface area contributed by atoms with Crippen molar-refractivity contribution in [3.05, 3.63) is 22.4 Å². The van der Waals surface area contributed by atoms with Gasteiger partial charge in [0.2, 0.25) is 0 Å². The summed E-state index contributed by atoms with van der Waals surface area (Å²) >= 11 is 1.75. The van der Waals surface area contributed by atoms with Crippen molar-refractivity contribution >= 4 is 11.3 Å². The van der Waals surface area contributed by atoms with E-state index in [4.69, 9.17) is 5.11 Å². The Morgan fingerprint density at radius 1 is 1.69 bits per heavy atom. The highest BCUT2D eigenvalue weighted by Crippen LogP contribution is 2.34. The monoisotopic (exact) mass is 197 g/mol. The SMILES string of the molecule is CN1CC(CO)CC1c1ccsc1. The first-order valence-electron chi connectivity index (χ1n) is 4.64. The quantitative estimate of drug-likeness (QED) is 0.780. The maximum Gasteiger partial charge on any atom is 0.0472 e. The van der Waals surface area contributed by atoms with E-state index in [9.17, 15) is 0 Å². The van der Waals surface area contributed by atoms with E-state index in [0.29, 0.717) is 18.6 Å². The van der Waals surface area contributed by atoms with Gasteiger partial charge < -0.3 is 5.11 Å². The summed E-state index contributed by atoms with van der Waals surface area (Å²) in [5.41, 5.74) is 1.41. The van der Waals surface area contributed by atoms with E-state index >= 15 is 0 Å². The highest BCUT2D eigenvalue weighted by Gasteiger charge is 2.29. The van der Waals surface area contributed by atoms with Crippen LogP contribution in [0.15, 0.2) is 16.8 Å². The minimum atomic E-state index is 0.324. The van der Waals surface area contributed by atoms with Crippen molar-refractivity contribution < 1.29 is 5.11 Å². The zero-order chi connectivity index (χ0) is 9.26. The molecule has 0 aromatic carbocycles. The fraction of sp³-hybridized carbons (Fsp3) is 0.600. The molecule has 2 unspecified atom stereocenters. The lowest BCUT2D eigenvalue weighted by Gasteiger charge is -2.17. The van der Waals surface area contributed by atoms with E-state index in [1.165, 1.54) is 5.56 Å². The molecule has 13 heavy (non-hydrogen) atoms. The lowest BCUT2D eigenvalue weighted by atomic mass is 10.0. The molecular formula is C10H15NOS. The zero-order valence-corrected chi connectivity index (χ0v) is 8.63. The molecule has 0 bridgehead atoms. The second kappa shape index (κ2) is 3.78. The molecule has 0 radical (unpaired) electrons.